The molecule has 0 spiro atoms. The lowest BCUT2D eigenvalue weighted by molar-refractivity contribution is -0.274. The van der Waals surface area contributed by atoms with Gasteiger partial charge < -0.3 is 20.1 Å². The van der Waals surface area contributed by atoms with Gasteiger partial charge in [0.05, 0.1) is 11.9 Å². The Kier molecular flexibility index (Phi) is 8.11. The molecule has 0 radical (unpaired) electrons. The lowest BCUT2D eigenvalue weighted by Gasteiger charge is -2.15. The van der Waals surface area contributed by atoms with Crippen molar-refractivity contribution in [3.05, 3.63) is 72.5 Å². The minimum absolute atomic E-state index is 0.133. The molecule has 0 saturated carbocycles. The molecule has 0 aliphatic rings. The third kappa shape index (κ3) is 7.20. The number of allylic oxidation sites excluding steroid dienone is 1. The molecule has 0 aliphatic carbocycles. The molecule has 0 unspecified atom stereocenters. The van der Waals surface area contributed by atoms with Crippen LogP contribution >= 0.6 is 12.2 Å². The Morgan fingerprint density at radius 3 is 2.53 bits per heavy atom. The maximum atomic E-state index is 12.3. The first-order valence-corrected chi connectivity index (χ1v) is 10.7. The maximum Gasteiger partial charge on any atom is 0.573 e. The largest absolute Gasteiger partial charge is 0.573 e. The summed E-state index contributed by atoms with van der Waals surface area (Å²) in [6, 6.07) is 13.3. The van der Waals surface area contributed by atoms with Gasteiger partial charge in [-0.1, -0.05) is 32.0 Å². The van der Waals surface area contributed by atoms with Crippen molar-refractivity contribution in [2.24, 2.45) is 0 Å². The molecule has 34 heavy (non-hydrogen) atoms. The fraction of sp³-hybridized carbons (Fsp3) is 0.261. The van der Waals surface area contributed by atoms with Crippen molar-refractivity contribution < 1.29 is 22.6 Å². The number of thiocarbonyl (C=S) groups is 1. The number of benzene rings is 2. The fourth-order valence-corrected chi connectivity index (χ4v) is 3.14. The number of halogens is 3. The Labute approximate surface area is 200 Å². The first-order chi connectivity index (χ1) is 16.1. The van der Waals surface area contributed by atoms with Crippen molar-refractivity contribution in [1.29, 1.82) is 0 Å². The SMILES string of the molecule is C/C(=C\OCNC(=S)Nc1ccccc1C(C)C)c1ncn(-c2ccc(OC(F)(F)F)cc2)n1. The van der Waals surface area contributed by atoms with Crippen molar-refractivity contribution in [2.75, 3.05) is 12.0 Å². The van der Waals surface area contributed by atoms with Crippen molar-refractivity contribution in [3.63, 3.8) is 0 Å². The van der Waals surface area contributed by atoms with Gasteiger partial charge in [0.2, 0.25) is 0 Å². The van der Waals surface area contributed by atoms with Gasteiger partial charge in [-0.2, -0.15) is 0 Å². The summed E-state index contributed by atoms with van der Waals surface area (Å²) < 4.78 is 47.7. The summed E-state index contributed by atoms with van der Waals surface area (Å²) in [5.74, 6) is 0.447. The molecule has 1 heterocycles. The number of nitrogens with one attached hydrogen (secondary N) is 2. The van der Waals surface area contributed by atoms with Crippen LogP contribution in [0.1, 0.15) is 38.1 Å². The molecular formula is C23H24F3N5O2S. The molecule has 0 aliphatic heterocycles. The van der Waals surface area contributed by atoms with Crippen LogP contribution in [0.3, 0.4) is 0 Å². The number of anilines is 1. The molecule has 11 heteroatoms. The molecule has 2 N–H and O–H groups in total. The second kappa shape index (κ2) is 11.0. The Balaban J connectivity index is 1.51. The number of para-hydroxylation sites is 1. The summed E-state index contributed by atoms with van der Waals surface area (Å²) in [4.78, 5) is 4.20. The van der Waals surface area contributed by atoms with Gasteiger partial charge in [-0.15, -0.1) is 18.3 Å². The summed E-state index contributed by atoms with van der Waals surface area (Å²) in [6.07, 6.45) is -1.79. The minimum Gasteiger partial charge on any atom is -0.480 e. The van der Waals surface area contributed by atoms with Crippen LogP contribution in [-0.4, -0.2) is 33.0 Å². The van der Waals surface area contributed by atoms with E-state index in [1.807, 2.05) is 18.2 Å². The maximum absolute atomic E-state index is 12.3. The topological polar surface area (TPSA) is 73.2 Å². The van der Waals surface area contributed by atoms with Crippen LogP contribution in [-0.2, 0) is 4.74 Å². The van der Waals surface area contributed by atoms with E-state index in [4.69, 9.17) is 17.0 Å². The molecule has 3 aromatic rings. The summed E-state index contributed by atoms with van der Waals surface area (Å²) in [5, 5.41) is 10.9. The highest BCUT2D eigenvalue weighted by Gasteiger charge is 2.31. The van der Waals surface area contributed by atoms with Gasteiger partial charge in [-0.25, -0.2) is 9.67 Å². The average molecular weight is 492 g/mol. The Morgan fingerprint density at radius 2 is 1.85 bits per heavy atom. The zero-order chi connectivity index (χ0) is 24.7. The summed E-state index contributed by atoms with van der Waals surface area (Å²) in [7, 11) is 0. The molecule has 0 saturated heterocycles. The van der Waals surface area contributed by atoms with E-state index in [2.05, 4.69) is 45.4 Å². The van der Waals surface area contributed by atoms with E-state index >= 15 is 0 Å². The van der Waals surface area contributed by atoms with E-state index in [1.165, 1.54) is 41.5 Å². The molecule has 180 valence electrons. The van der Waals surface area contributed by atoms with Crippen LogP contribution in [0.4, 0.5) is 18.9 Å². The van der Waals surface area contributed by atoms with Gasteiger partial charge in [-0.05, 0) is 61.0 Å². The minimum atomic E-state index is -4.74. The Bertz CT molecular complexity index is 1140. The highest BCUT2D eigenvalue weighted by molar-refractivity contribution is 7.80. The van der Waals surface area contributed by atoms with Crippen LogP contribution in [0.15, 0.2) is 61.1 Å². The lowest BCUT2D eigenvalue weighted by atomic mass is 10.0. The molecule has 7 nitrogen and oxygen atoms in total. The van der Waals surface area contributed by atoms with E-state index in [0.29, 0.717) is 28.1 Å². The molecular weight excluding hydrogens is 467 g/mol. The quantitative estimate of drug-likeness (QED) is 0.184. The third-order valence-electron chi connectivity index (χ3n) is 4.59. The van der Waals surface area contributed by atoms with Crippen LogP contribution in [0.2, 0.25) is 0 Å². The molecule has 2 aromatic carbocycles. The summed E-state index contributed by atoms with van der Waals surface area (Å²) in [6.45, 7) is 6.13. The monoisotopic (exact) mass is 491 g/mol. The fourth-order valence-electron chi connectivity index (χ4n) is 2.98. The molecule has 3 rings (SSSR count). The molecule has 0 amide bonds. The van der Waals surface area contributed by atoms with E-state index in [9.17, 15) is 13.2 Å². The van der Waals surface area contributed by atoms with E-state index in [-0.39, 0.29) is 12.5 Å². The number of rotatable bonds is 8. The van der Waals surface area contributed by atoms with Crippen molar-refractivity contribution in [2.45, 2.75) is 33.1 Å². The molecule has 0 atom stereocenters. The van der Waals surface area contributed by atoms with E-state index < -0.39 is 6.36 Å². The van der Waals surface area contributed by atoms with Gasteiger partial charge >= 0.3 is 6.36 Å². The molecule has 1 aromatic heterocycles. The molecule has 0 fully saturated rings. The van der Waals surface area contributed by atoms with Gasteiger partial charge in [0.25, 0.3) is 0 Å². The normalized spacial score (nSPS) is 11.9. The second-order valence-electron chi connectivity index (χ2n) is 7.54. The average Bonchev–Trinajstić information content (AvgIpc) is 3.27. The van der Waals surface area contributed by atoms with Gasteiger partial charge in [0, 0.05) is 11.3 Å². The third-order valence-corrected chi connectivity index (χ3v) is 4.83. The van der Waals surface area contributed by atoms with E-state index in [0.717, 1.165) is 11.3 Å². The standard InChI is InChI=1S/C23H24F3N5O2S/c1-15(2)19-6-4-5-7-20(19)29-22(34)28-14-32-12-16(3)21-27-13-31(30-21)17-8-10-18(11-9-17)33-23(24,25)26/h4-13,15H,14H2,1-3H3,(H2,28,29,34)/b16-12+. The first kappa shape index (κ1) is 25.0. The zero-order valence-corrected chi connectivity index (χ0v) is 19.6. The van der Waals surface area contributed by atoms with Crippen molar-refractivity contribution in [3.8, 4) is 11.4 Å². The molecule has 0 bridgehead atoms. The second-order valence-corrected chi connectivity index (χ2v) is 7.95. The van der Waals surface area contributed by atoms with Crippen LogP contribution in [0, 0.1) is 0 Å². The van der Waals surface area contributed by atoms with Crippen LogP contribution < -0.4 is 15.4 Å². The number of nitrogens with zero attached hydrogens (tertiary/aromatic N) is 3. The van der Waals surface area contributed by atoms with E-state index in [1.54, 1.807) is 6.92 Å². The predicted octanol–water partition coefficient (Wildman–Crippen LogP) is 5.61. The van der Waals surface area contributed by atoms with Gasteiger partial charge in [-0.3, -0.25) is 0 Å². The van der Waals surface area contributed by atoms with Crippen molar-refractivity contribution in [1.82, 2.24) is 20.1 Å². The highest BCUT2D eigenvalue weighted by Crippen LogP contribution is 2.24. The van der Waals surface area contributed by atoms with Crippen LogP contribution in [0.5, 0.6) is 5.75 Å². The first-order valence-electron chi connectivity index (χ1n) is 10.3. The van der Waals surface area contributed by atoms with Gasteiger partial charge in [0.1, 0.15) is 12.1 Å². The smallest absolute Gasteiger partial charge is 0.480 e. The summed E-state index contributed by atoms with van der Waals surface area (Å²) in [5.41, 5.74) is 3.28. The number of hydrogen-bond donors (Lipinski definition) is 2. The number of alkyl halides is 3. The lowest BCUT2D eigenvalue weighted by Crippen LogP contribution is -2.30. The highest BCUT2D eigenvalue weighted by atomic mass is 32.1. The zero-order valence-electron chi connectivity index (χ0n) is 18.8. The van der Waals surface area contributed by atoms with Gasteiger partial charge in [0.15, 0.2) is 17.7 Å². The Hall–Kier alpha value is -3.60. The Morgan fingerprint density at radius 1 is 1.15 bits per heavy atom. The number of hydrogen-bond acceptors (Lipinski definition) is 5. The predicted molar refractivity (Wildman–Crippen MR) is 128 cm³/mol. The number of aromatic nitrogens is 3. The number of ether oxygens (including phenoxy) is 2. The van der Waals surface area contributed by atoms with Crippen LogP contribution in [0.25, 0.3) is 11.3 Å². The summed E-state index contributed by atoms with van der Waals surface area (Å²) >= 11 is 5.33. The van der Waals surface area contributed by atoms with Crippen molar-refractivity contribution >= 4 is 28.6 Å².